The molecule has 0 radical (unpaired) electrons. The van der Waals surface area contributed by atoms with Crippen molar-refractivity contribution in [2.75, 3.05) is 5.32 Å². The Balaban J connectivity index is 1.99. The number of hydrogen-bond donors (Lipinski definition) is 2. The van der Waals surface area contributed by atoms with E-state index < -0.39 is 5.91 Å². The van der Waals surface area contributed by atoms with Crippen molar-refractivity contribution >= 4 is 28.4 Å². The molecule has 0 bridgehead atoms. The lowest BCUT2D eigenvalue weighted by Crippen LogP contribution is -2.13. The zero-order valence-electron chi connectivity index (χ0n) is 12.6. The second kappa shape index (κ2) is 5.92. The molecule has 1 aromatic heterocycles. The van der Waals surface area contributed by atoms with Crippen LogP contribution in [0.3, 0.4) is 0 Å². The quantitative estimate of drug-likeness (QED) is 0.773. The molecule has 116 valence electrons. The van der Waals surface area contributed by atoms with Crippen LogP contribution in [0.15, 0.2) is 48.5 Å². The van der Waals surface area contributed by atoms with Crippen LogP contribution in [-0.4, -0.2) is 21.6 Å². The molecule has 2 amide bonds. The number of nitrogens with one attached hydrogen (secondary N) is 1. The van der Waals surface area contributed by atoms with Crippen molar-refractivity contribution in [3.63, 3.8) is 0 Å². The van der Waals surface area contributed by atoms with Gasteiger partial charge in [0.1, 0.15) is 0 Å². The summed E-state index contributed by atoms with van der Waals surface area (Å²) in [5.41, 5.74) is 8.19. The lowest BCUT2D eigenvalue weighted by atomic mass is 10.2. The Morgan fingerprint density at radius 2 is 1.96 bits per heavy atom. The molecule has 3 aromatic rings. The molecule has 0 fully saturated rings. The molecule has 0 aliphatic rings. The van der Waals surface area contributed by atoms with E-state index in [1.54, 1.807) is 4.68 Å². The summed E-state index contributed by atoms with van der Waals surface area (Å²) < 4.78 is 1.74. The third-order valence-corrected chi connectivity index (χ3v) is 3.47. The first-order chi connectivity index (χ1) is 11.0. The summed E-state index contributed by atoms with van der Waals surface area (Å²) in [6.45, 7) is 1.94. The molecule has 6 nitrogen and oxygen atoms in total. The van der Waals surface area contributed by atoms with Crippen LogP contribution in [0.2, 0.25) is 0 Å². The monoisotopic (exact) mass is 308 g/mol. The highest BCUT2D eigenvalue weighted by molar-refractivity contribution is 6.04. The van der Waals surface area contributed by atoms with Crippen LogP contribution in [0.1, 0.15) is 23.0 Å². The molecular weight excluding hydrogens is 292 g/mol. The fourth-order valence-corrected chi connectivity index (χ4v) is 2.55. The Morgan fingerprint density at radius 1 is 1.17 bits per heavy atom. The minimum atomic E-state index is -0.549. The van der Waals surface area contributed by atoms with Gasteiger partial charge in [0.05, 0.1) is 12.1 Å². The van der Waals surface area contributed by atoms with E-state index in [4.69, 9.17) is 5.73 Å². The van der Waals surface area contributed by atoms with E-state index in [1.807, 2.05) is 48.5 Å². The number of carbonyl (C=O) groups is 2. The molecule has 2 aromatic carbocycles. The second-order valence-electron chi connectivity index (χ2n) is 5.27. The average Bonchev–Trinajstić information content (AvgIpc) is 2.86. The van der Waals surface area contributed by atoms with Crippen molar-refractivity contribution in [1.82, 2.24) is 9.78 Å². The highest BCUT2D eigenvalue weighted by Crippen LogP contribution is 2.20. The molecular formula is C17H16N4O2. The Labute approximate surface area is 132 Å². The van der Waals surface area contributed by atoms with Crippen molar-refractivity contribution < 1.29 is 9.59 Å². The maximum atomic E-state index is 11.6. The van der Waals surface area contributed by atoms with Crippen LogP contribution in [0, 0.1) is 0 Å². The van der Waals surface area contributed by atoms with Crippen molar-refractivity contribution in [3.8, 4) is 0 Å². The predicted octanol–water partition coefficient (Wildman–Crippen LogP) is 2.14. The number of hydrogen-bond acceptors (Lipinski definition) is 3. The van der Waals surface area contributed by atoms with Crippen molar-refractivity contribution in [2.24, 2.45) is 5.73 Å². The van der Waals surface area contributed by atoms with Crippen LogP contribution in [-0.2, 0) is 11.3 Å². The number of carbonyl (C=O) groups excluding carboxylic acids is 2. The van der Waals surface area contributed by atoms with E-state index in [9.17, 15) is 9.59 Å². The van der Waals surface area contributed by atoms with Crippen LogP contribution < -0.4 is 11.1 Å². The van der Waals surface area contributed by atoms with Gasteiger partial charge < -0.3 is 11.1 Å². The predicted molar refractivity (Wildman–Crippen MR) is 88.1 cm³/mol. The van der Waals surface area contributed by atoms with Gasteiger partial charge in [0.15, 0.2) is 5.69 Å². The number of fused-ring (bicyclic) bond motifs is 1. The van der Waals surface area contributed by atoms with Crippen molar-refractivity contribution in [2.45, 2.75) is 13.5 Å². The van der Waals surface area contributed by atoms with Crippen LogP contribution >= 0.6 is 0 Å². The zero-order chi connectivity index (χ0) is 16.4. The standard InChI is InChI=1S/C17H16N4O2/c1-11(22)19-13-6-4-5-12(9-13)10-21-15-8-3-2-7-14(15)16(20-21)17(18)23/h2-9H,10H2,1H3,(H2,18,23)(H,19,22). The summed E-state index contributed by atoms with van der Waals surface area (Å²) in [6, 6.07) is 15.0. The van der Waals surface area contributed by atoms with E-state index in [0.29, 0.717) is 6.54 Å². The topological polar surface area (TPSA) is 90.0 Å². The van der Waals surface area contributed by atoms with Gasteiger partial charge in [0.2, 0.25) is 5.91 Å². The van der Waals surface area contributed by atoms with Gasteiger partial charge in [-0.25, -0.2) is 0 Å². The van der Waals surface area contributed by atoms with E-state index in [1.165, 1.54) is 6.92 Å². The van der Waals surface area contributed by atoms with Crippen LogP contribution in [0.4, 0.5) is 5.69 Å². The third kappa shape index (κ3) is 3.06. The van der Waals surface area contributed by atoms with Crippen molar-refractivity contribution in [3.05, 3.63) is 59.8 Å². The zero-order valence-corrected chi connectivity index (χ0v) is 12.6. The summed E-state index contributed by atoms with van der Waals surface area (Å²) in [6.07, 6.45) is 0. The van der Waals surface area contributed by atoms with Crippen LogP contribution in [0.25, 0.3) is 10.9 Å². The van der Waals surface area contributed by atoms with Crippen LogP contribution in [0.5, 0.6) is 0 Å². The number of nitrogens with two attached hydrogens (primary N) is 1. The Kier molecular flexibility index (Phi) is 3.80. The normalized spacial score (nSPS) is 10.7. The first-order valence-electron chi connectivity index (χ1n) is 7.16. The molecule has 0 saturated heterocycles. The van der Waals surface area contributed by atoms with Gasteiger partial charge in [0.25, 0.3) is 5.91 Å². The lowest BCUT2D eigenvalue weighted by molar-refractivity contribution is -0.114. The third-order valence-electron chi connectivity index (χ3n) is 3.47. The highest BCUT2D eigenvalue weighted by Gasteiger charge is 2.14. The molecule has 0 spiro atoms. The fraction of sp³-hybridized carbons (Fsp3) is 0.118. The number of primary amides is 1. The SMILES string of the molecule is CC(=O)Nc1cccc(Cn2nc(C(N)=O)c3ccccc32)c1. The number of nitrogens with zero attached hydrogens (tertiary/aromatic N) is 2. The first-order valence-corrected chi connectivity index (χ1v) is 7.16. The van der Waals surface area contributed by atoms with Gasteiger partial charge in [-0.2, -0.15) is 5.10 Å². The lowest BCUT2D eigenvalue weighted by Gasteiger charge is -2.07. The maximum Gasteiger partial charge on any atom is 0.269 e. The fourth-order valence-electron chi connectivity index (χ4n) is 2.55. The molecule has 0 aliphatic heterocycles. The molecule has 3 N–H and O–H groups in total. The summed E-state index contributed by atoms with van der Waals surface area (Å²) >= 11 is 0. The molecule has 6 heteroatoms. The molecule has 0 unspecified atom stereocenters. The summed E-state index contributed by atoms with van der Waals surface area (Å²) in [5, 5.41) is 7.81. The van der Waals surface area contributed by atoms with Gasteiger partial charge in [-0.05, 0) is 23.8 Å². The number of aromatic nitrogens is 2. The number of rotatable bonds is 4. The maximum absolute atomic E-state index is 11.6. The number of para-hydroxylation sites is 1. The molecule has 1 heterocycles. The smallest absolute Gasteiger partial charge is 0.269 e. The van der Waals surface area contributed by atoms with E-state index in [2.05, 4.69) is 10.4 Å². The molecule has 3 rings (SSSR count). The van der Waals surface area contributed by atoms with Crippen molar-refractivity contribution in [1.29, 1.82) is 0 Å². The van der Waals surface area contributed by atoms with E-state index >= 15 is 0 Å². The molecule has 0 aliphatic carbocycles. The van der Waals surface area contributed by atoms with Gasteiger partial charge in [-0.15, -0.1) is 0 Å². The number of benzene rings is 2. The minimum Gasteiger partial charge on any atom is -0.364 e. The summed E-state index contributed by atoms with van der Waals surface area (Å²) in [5.74, 6) is -0.672. The van der Waals surface area contributed by atoms with Gasteiger partial charge >= 0.3 is 0 Å². The molecule has 23 heavy (non-hydrogen) atoms. The second-order valence-corrected chi connectivity index (χ2v) is 5.27. The number of anilines is 1. The summed E-state index contributed by atoms with van der Waals surface area (Å²) in [4.78, 5) is 22.7. The number of amides is 2. The Hall–Kier alpha value is -3.15. The average molecular weight is 308 g/mol. The van der Waals surface area contributed by atoms with Gasteiger partial charge in [-0.1, -0.05) is 30.3 Å². The van der Waals surface area contributed by atoms with E-state index in [0.717, 1.165) is 22.2 Å². The Morgan fingerprint density at radius 3 is 2.70 bits per heavy atom. The largest absolute Gasteiger partial charge is 0.364 e. The molecule has 0 saturated carbocycles. The van der Waals surface area contributed by atoms with Gasteiger partial charge in [-0.3, -0.25) is 14.3 Å². The first kappa shape index (κ1) is 14.8. The highest BCUT2D eigenvalue weighted by atomic mass is 16.1. The summed E-state index contributed by atoms with van der Waals surface area (Å²) in [7, 11) is 0. The Bertz CT molecular complexity index is 898. The minimum absolute atomic E-state index is 0.122. The van der Waals surface area contributed by atoms with Gasteiger partial charge in [0, 0.05) is 18.0 Å². The van der Waals surface area contributed by atoms with E-state index in [-0.39, 0.29) is 11.6 Å². The molecule has 0 atom stereocenters.